The van der Waals surface area contributed by atoms with Crippen LogP contribution in [0.25, 0.3) is 0 Å². The Morgan fingerprint density at radius 3 is 2.10 bits per heavy atom. The predicted octanol–water partition coefficient (Wildman–Crippen LogP) is 6.58. The van der Waals surface area contributed by atoms with Crippen LogP contribution in [0.15, 0.2) is 42.5 Å². The summed E-state index contributed by atoms with van der Waals surface area (Å²) in [4.78, 5) is 0. The molecule has 1 aromatic carbocycles. The van der Waals surface area contributed by atoms with Crippen molar-refractivity contribution in [3.8, 4) is 0 Å². The average Bonchev–Trinajstić information content (AvgIpc) is 2.63. The third kappa shape index (κ3) is 8.01. The summed E-state index contributed by atoms with van der Waals surface area (Å²) in [7, 11) is -1.91. The van der Waals surface area contributed by atoms with Gasteiger partial charge in [-0.05, 0) is 48.5 Å². The number of benzene rings is 1. The largest absolute Gasteiger partial charge is 0.413 e. The van der Waals surface area contributed by atoms with Crippen LogP contribution in [-0.2, 0) is 15.8 Å². The van der Waals surface area contributed by atoms with Gasteiger partial charge in [0, 0.05) is 5.92 Å². The Kier molecular flexibility index (Phi) is 9.81. The molecular formula is C25H44O3Si. The molecule has 166 valence electrons. The van der Waals surface area contributed by atoms with Gasteiger partial charge in [-0.25, -0.2) is 0 Å². The Balaban J connectivity index is 2.69. The molecule has 0 aliphatic heterocycles. The fraction of sp³-hybridized carbons (Fsp3) is 0.680. The molecule has 0 saturated carbocycles. The van der Waals surface area contributed by atoms with Crippen LogP contribution in [0.1, 0.15) is 60.5 Å². The van der Waals surface area contributed by atoms with Gasteiger partial charge in [0.2, 0.25) is 0 Å². The molecular weight excluding hydrogens is 376 g/mol. The number of hydrogen-bond acceptors (Lipinski definition) is 3. The maximum absolute atomic E-state index is 11.0. The first-order chi connectivity index (χ1) is 13.3. The van der Waals surface area contributed by atoms with Crippen LogP contribution in [0.5, 0.6) is 0 Å². The van der Waals surface area contributed by atoms with E-state index in [-0.39, 0.29) is 23.2 Å². The van der Waals surface area contributed by atoms with Gasteiger partial charge >= 0.3 is 0 Å². The first-order valence-corrected chi connectivity index (χ1v) is 13.9. The maximum atomic E-state index is 11.0. The number of rotatable bonds is 11. The Hall–Kier alpha value is -0.943. The number of aliphatic hydroxyl groups is 1. The van der Waals surface area contributed by atoms with E-state index in [0.29, 0.717) is 18.9 Å². The molecule has 0 radical (unpaired) electrons. The molecule has 4 heteroatoms. The van der Waals surface area contributed by atoms with E-state index in [4.69, 9.17) is 9.16 Å². The van der Waals surface area contributed by atoms with Crippen molar-refractivity contribution < 1.29 is 14.3 Å². The van der Waals surface area contributed by atoms with E-state index in [0.717, 1.165) is 11.1 Å². The van der Waals surface area contributed by atoms with E-state index in [2.05, 4.69) is 73.3 Å². The van der Waals surface area contributed by atoms with Gasteiger partial charge in [-0.15, -0.1) is 0 Å². The number of aliphatic hydroxyl groups excluding tert-OH is 1. The third-order valence-electron chi connectivity index (χ3n) is 6.41. The van der Waals surface area contributed by atoms with Gasteiger partial charge < -0.3 is 14.3 Å². The van der Waals surface area contributed by atoms with Gasteiger partial charge in [-0.2, -0.15) is 0 Å². The van der Waals surface area contributed by atoms with Gasteiger partial charge in [0.05, 0.1) is 24.9 Å². The lowest BCUT2D eigenvalue weighted by Gasteiger charge is -2.43. The van der Waals surface area contributed by atoms with Crippen molar-refractivity contribution in [3.05, 3.63) is 48.0 Å². The molecule has 0 fully saturated rings. The van der Waals surface area contributed by atoms with E-state index >= 15 is 0 Å². The van der Waals surface area contributed by atoms with E-state index in [9.17, 15) is 5.11 Å². The molecule has 3 nitrogen and oxygen atoms in total. The zero-order valence-corrected chi connectivity index (χ0v) is 21.2. The maximum Gasteiger partial charge on any atom is 0.192 e. The summed E-state index contributed by atoms with van der Waals surface area (Å²) in [6.07, 6.45) is -0.0427. The SMILES string of the molecule is C=C(C[C@@H](O)[C@H](C)[C@@H](O[Si](C)(C)C(C)(C)C)C(C)C)[C@H](C)OCc1ccccc1. The van der Waals surface area contributed by atoms with Crippen molar-refractivity contribution in [2.24, 2.45) is 11.8 Å². The number of hydrogen-bond donors (Lipinski definition) is 1. The van der Waals surface area contributed by atoms with Crippen LogP contribution in [0.2, 0.25) is 18.1 Å². The number of ether oxygens (including phenoxy) is 1. The first-order valence-electron chi connectivity index (χ1n) is 11.0. The van der Waals surface area contributed by atoms with E-state index in [1.54, 1.807) is 0 Å². The van der Waals surface area contributed by atoms with Crippen LogP contribution in [-0.4, -0.2) is 31.7 Å². The van der Waals surface area contributed by atoms with Crippen molar-refractivity contribution >= 4 is 8.32 Å². The summed E-state index contributed by atoms with van der Waals surface area (Å²) in [6, 6.07) is 10.1. The van der Waals surface area contributed by atoms with Crippen molar-refractivity contribution in [1.82, 2.24) is 0 Å². The molecule has 0 heterocycles. The Bertz CT molecular complexity index is 619. The van der Waals surface area contributed by atoms with Gasteiger partial charge in [-0.1, -0.05) is 78.5 Å². The molecule has 0 saturated heterocycles. The van der Waals surface area contributed by atoms with Crippen molar-refractivity contribution in [1.29, 1.82) is 0 Å². The summed E-state index contributed by atoms with van der Waals surface area (Å²) >= 11 is 0. The molecule has 29 heavy (non-hydrogen) atoms. The minimum absolute atomic E-state index is 0.0271. The van der Waals surface area contributed by atoms with Crippen LogP contribution in [0.4, 0.5) is 0 Å². The molecule has 1 N–H and O–H groups in total. The first kappa shape index (κ1) is 26.1. The zero-order valence-electron chi connectivity index (χ0n) is 20.2. The summed E-state index contributed by atoms with van der Waals surface area (Å²) in [5, 5.41) is 11.1. The Morgan fingerprint density at radius 1 is 1.07 bits per heavy atom. The molecule has 0 aliphatic rings. The lowest BCUT2D eigenvalue weighted by atomic mass is 9.87. The normalized spacial score (nSPS) is 17.1. The Morgan fingerprint density at radius 2 is 1.62 bits per heavy atom. The van der Waals surface area contributed by atoms with Crippen molar-refractivity contribution in [2.75, 3.05) is 0 Å². The molecule has 0 bridgehead atoms. The zero-order chi connectivity index (χ0) is 22.4. The van der Waals surface area contributed by atoms with Crippen LogP contribution < -0.4 is 0 Å². The highest BCUT2D eigenvalue weighted by molar-refractivity contribution is 6.74. The molecule has 1 aromatic rings. The predicted molar refractivity (Wildman–Crippen MR) is 127 cm³/mol. The minimum atomic E-state index is -1.91. The van der Waals surface area contributed by atoms with Gasteiger partial charge in [0.25, 0.3) is 0 Å². The second kappa shape index (κ2) is 10.9. The van der Waals surface area contributed by atoms with Gasteiger partial charge in [-0.3, -0.25) is 0 Å². The average molecular weight is 421 g/mol. The third-order valence-corrected chi connectivity index (χ3v) is 10.9. The standard InChI is InChI=1S/C25H44O3Si/c1-18(2)24(28-29(9,10)25(6,7)8)20(4)23(26)16-19(3)21(5)27-17-22-14-12-11-13-15-22/h11-15,18,20-21,23-24,26H,3,16-17H2,1-2,4-10H3/t20-,21-,23+,24-/m0/s1. The highest BCUT2D eigenvalue weighted by atomic mass is 28.4. The minimum Gasteiger partial charge on any atom is -0.413 e. The molecule has 0 amide bonds. The van der Waals surface area contributed by atoms with Crippen LogP contribution >= 0.6 is 0 Å². The highest BCUT2D eigenvalue weighted by Crippen LogP contribution is 2.39. The smallest absolute Gasteiger partial charge is 0.192 e. The van der Waals surface area contributed by atoms with E-state index in [1.807, 2.05) is 25.1 Å². The fourth-order valence-electron chi connectivity index (χ4n) is 3.12. The molecule has 0 aromatic heterocycles. The topological polar surface area (TPSA) is 38.7 Å². The Labute approximate surface area is 180 Å². The summed E-state index contributed by atoms with van der Waals surface area (Å²) in [5.41, 5.74) is 2.07. The van der Waals surface area contributed by atoms with Gasteiger partial charge in [0.15, 0.2) is 8.32 Å². The van der Waals surface area contributed by atoms with Crippen LogP contribution in [0, 0.1) is 11.8 Å². The lowest BCUT2D eigenvalue weighted by molar-refractivity contribution is 0.000721. The van der Waals surface area contributed by atoms with E-state index in [1.165, 1.54) is 0 Å². The molecule has 1 rings (SSSR count). The highest BCUT2D eigenvalue weighted by Gasteiger charge is 2.41. The van der Waals surface area contributed by atoms with Gasteiger partial charge in [0.1, 0.15) is 0 Å². The summed E-state index contributed by atoms with van der Waals surface area (Å²) in [6.45, 7) is 24.5. The molecule has 4 atom stereocenters. The summed E-state index contributed by atoms with van der Waals surface area (Å²) in [5.74, 6) is 0.371. The van der Waals surface area contributed by atoms with Crippen molar-refractivity contribution in [2.45, 2.75) is 97.9 Å². The lowest BCUT2D eigenvalue weighted by Crippen LogP contribution is -2.48. The second-order valence-electron chi connectivity index (χ2n) is 10.3. The molecule has 0 aliphatic carbocycles. The quantitative estimate of drug-likeness (QED) is 0.324. The molecule has 0 unspecified atom stereocenters. The molecule has 0 spiro atoms. The van der Waals surface area contributed by atoms with Crippen LogP contribution in [0.3, 0.4) is 0 Å². The monoisotopic (exact) mass is 420 g/mol. The fourth-order valence-corrected chi connectivity index (χ4v) is 4.64. The summed E-state index contributed by atoms with van der Waals surface area (Å²) < 4.78 is 12.7. The van der Waals surface area contributed by atoms with E-state index < -0.39 is 14.4 Å². The second-order valence-corrected chi connectivity index (χ2v) is 15.1. The van der Waals surface area contributed by atoms with Crippen molar-refractivity contribution in [3.63, 3.8) is 0 Å².